The Morgan fingerprint density at radius 2 is 1.94 bits per heavy atom. The highest BCUT2D eigenvalue weighted by atomic mass is 19.1. The molecule has 1 aromatic rings. The molecular formula is C14H19FO. The number of ether oxygens (including phenoxy) is 1. The standard InChI is InChI=1S/C14H19FO/c1-9-11-7-6-10(15)8-12(11)16-14(9,5)13(2,3)4/h6-9H,1-5H3. The summed E-state index contributed by atoms with van der Waals surface area (Å²) in [6.45, 7) is 10.7. The first-order valence-electron chi connectivity index (χ1n) is 5.74. The Labute approximate surface area is 96.6 Å². The molecule has 0 aliphatic carbocycles. The summed E-state index contributed by atoms with van der Waals surface area (Å²) in [5, 5.41) is 0. The van der Waals surface area contributed by atoms with E-state index in [1.54, 1.807) is 0 Å². The fourth-order valence-corrected chi connectivity index (χ4v) is 2.37. The van der Waals surface area contributed by atoms with Gasteiger partial charge in [-0.25, -0.2) is 4.39 Å². The molecule has 0 saturated heterocycles. The maximum Gasteiger partial charge on any atom is 0.126 e. The molecule has 0 radical (unpaired) electrons. The topological polar surface area (TPSA) is 9.23 Å². The second-order valence-corrected chi connectivity index (χ2v) is 5.86. The van der Waals surface area contributed by atoms with Crippen LogP contribution in [0.25, 0.3) is 0 Å². The van der Waals surface area contributed by atoms with Gasteiger partial charge in [-0.05, 0) is 13.0 Å². The SMILES string of the molecule is CC1c2ccc(F)cc2OC1(C)C(C)(C)C. The van der Waals surface area contributed by atoms with Crippen molar-refractivity contribution in [3.63, 3.8) is 0 Å². The van der Waals surface area contributed by atoms with Crippen LogP contribution in [0.3, 0.4) is 0 Å². The van der Waals surface area contributed by atoms with Gasteiger partial charge < -0.3 is 4.74 Å². The number of hydrogen-bond donors (Lipinski definition) is 0. The van der Waals surface area contributed by atoms with Crippen molar-refractivity contribution in [3.05, 3.63) is 29.6 Å². The smallest absolute Gasteiger partial charge is 0.126 e. The van der Waals surface area contributed by atoms with Crippen LogP contribution in [0.5, 0.6) is 5.75 Å². The first-order valence-corrected chi connectivity index (χ1v) is 5.74. The summed E-state index contributed by atoms with van der Waals surface area (Å²) in [6.07, 6.45) is 0. The fraction of sp³-hybridized carbons (Fsp3) is 0.571. The van der Waals surface area contributed by atoms with Crippen LogP contribution in [-0.2, 0) is 0 Å². The molecule has 0 bridgehead atoms. The van der Waals surface area contributed by atoms with Crippen molar-refractivity contribution < 1.29 is 9.13 Å². The van der Waals surface area contributed by atoms with Crippen LogP contribution in [0.1, 0.15) is 46.1 Å². The van der Waals surface area contributed by atoms with Crippen molar-refractivity contribution in [1.29, 1.82) is 0 Å². The second kappa shape index (κ2) is 3.22. The third kappa shape index (κ3) is 1.43. The molecule has 0 saturated carbocycles. The van der Waals surface area contributed by atoms with Gasteiger partial charge in [-0.1, -0.05) is 33.8 Å². The predicted molar refractivity (Wildman–Crippen MR) is 63.3 cm³/mol. The van der Waals surface area contributed by atoms with E-state index >= 15 is 0 Å². The van der Waals surface area contributed by atoms with Gasteiger partial charge in [0.1, 0.15) is 17.2 Å². The number of fused-ring (bicyclic) bond motifs is 1. The van der Waals surface area contributed by atoms with Crippen LogP contribution in [0.4, 0.5) is 4.39 Å². The summed E-state index contributed by atoms with van der Waals surface area (Å²) in [4.78, 5) is 0. The zero-order valence-electron chi connectivity index (χ0n) is 10.6. The lowest BCUT2D eigenvalue weighted by Gasteiger charge is -2.41. The monoisotopic (exact) mass is 222 g/mol. The minimum Gasteiger partial charge on any atom is -0.486 e. The molecule has 1 aromatic carbocycles. The fourth-order valence-electron chi connectivity index (χ4n) is 2.37. The molecule has 88 valence electrons. The maximum atomic E-state index is 13.2. The van der Waals surface area contributed by atoms with Crippen LogP contribution < -0.4 is 4.74 Å². The van der Waals surface area contributed by atoms with Gasteiger partial charge >= 0.3 is 0 Å². The number of benzene rings is 1. The normalized spacial score (nSPS) is 28.8. The molecule has 2 unspecified atom stereocenters. The first-order chi connectivity index (χ1) is 7.25. The first kappa shape index (κ1) is 11.4. The van der Waals surface area contributed by atoms with E-state index in [4.69, 9.17) is 4.74 Å². The lowest BCUT2D eigenvalue weighted by atomic mass is 9.70. The molecule has 0 spiro atoms. The van der Waals surface area contributed by atoms with E-state index in [0.717, 1.165) is 5.56 Å². The zero-order chi connectivity index (χ0) is 12.1. The predicted octanol–water partition coefficient (Wildman–Crippen LogP) is 4.13. The van der Waals surface area contributed by atoms with E-state index in [1.807, 2.05) is 6.07 Å². The third-order valence-electron chi connectivity index (χ3n) is 4.08. The molecule has 16 heavy (non-hydrogen) atoms. The molecule has 1 nitrogen and oxygen atoms in total. The van der Waals surface area contributed by atoms with E-state index < -0.39 is 0 Å². The van der Waals surface area contributed by atoms with E-state index in [1.165, 1.54) is 12.1 Å². The van der Waals surface area contributed by atoms with E-state index in [9.17, 15) is 4.39 Å². The average Bonchev–Trinajstić information content (AvgIpc) is 2.39. The van der Waals surface area contributed by atoms with Crippen molar-refractivity contribution in [2.75, 3.05) is 0 Å². The summed E-state index contributed by atoms with van der Waals surface area (Å²) in [5.74, 6) is 0.747. The molecule has 0 aromatic heterocycles. The van der Waals surface area contributed by atoms with Crippen molar-refractivity contribution in [1.82, 2.24) is 0 Å². The largest absolute Gasteiger partial charge is 0.486 e. The Balaban J connectivity index is 2.48. The molecule has 2 heteroatoms. The van der Waals surface area contributed by atoms with E-state index in [2.05, 4.69) is 34.6 Å². The summed E-state index contributed by atoms with van der Waals surface area (Å²) < 4.78 is 19.2. The minimum atomic E-state index is -0.275. The van der Waals surface area contributed by atoms with Crippen LogP contribution in [0, 0.1) is 11.2 Å². The number of hydrogen-bond acceptors (Lipinski definition) is 1. The van der Waals surface area contributed by atoms with Gasteiger partial charge in [-0.2, -0.15) is 0 Å². The van der Waals surface area contributed by atoms with Gasteiger partial charge in [0, 0.05) is 23.0 Å². The highest BCUT2D eigenvalue weighted by Crippen LogP contribution is 2.52. The van der Waals surface area contributed by atoms with Crippen LogP contribution >= 0.6 is 0 Å². The number of halogens is 1. The Kier molecular flexibility index (Phi) is 2.30. The Bertz CT molecular complexity index is 419. The lowest BCUT2D eigenvalue weighted by Crippen LogP contribution is -2.46. The average molecular weight is 222 g/mol. The van der Waals surface area contributed by atoms with Gasteiger partial charge in [-0.3, -0.25) is 0 Å². The molecule has 1 aliphatic heterocycles. The molecule has 2 atom stereocenters. The van der Waals surface area contributed by atoms with Gasteiger partial charge in [0.25, 0.3) is 0 Å². The van der Waals surface area contributed by atoms with Gasteiger partial charge in [-0.15, -0.1) is 0 Å². The molecular weight excluding hydrogens is 203 g/mol. The summed E-state index contributed by atoms with van der Waals surface area (Å²) in [6, 6.07) is 4.84. The van der Waals surface area contributed by atoms with Crippen molar-refractivity contribution >= 4 is 0 Å². The second-order valence-electron chi connectivity index (χ2n) is 5.86. The number of rotatable bonds is 0. The summed E-state index contributed by atoms with van der Waals surface area (Å²) >= 11 is 0. The van der Waals surface area contributed by atoms with Crippen LogP contribution in [-0.4, -0.2) is 5.60 Å². The lowest BCUT2D eigenvalue weighted by molar-refractivity contribution is -0.0143. The van der Waals surface area contributed by atoms with Crippen LogP contribution in [0.2, 0.25) is 0 Å². The molecule has 2 rings (SSSR count). The molecule has 0 amide bonds. The van der Waals surface area contributed by atoms with Gasteiger partial charge in [0.15, 0.2) is 0 Å². The van der Waals surface area contributed by atoms with Crippen LogP contribution in [0.15, 0.2) is 18.2 Å². The van der Waals surface area contributed by atoms with Gasteiger partial charge in [0.05, 0.1) is 0 Å². The molecule has 1 aliphatic rings. The summed E-state index contributed by atoms with van der Waals surface area (Å²) in [7, 11) is 0. The Hall–Kier alpha value is -1.05. The quantitative estimate of drug-likeness (QED) is 0.641. The third-order valence-corrected chi connectivity index (χ3v) is 4.08. The summed E-state index contributed by atoms with van der Waals surface area (Å²) in [5.41, 5.74) is 0.851. The van der Waals surface area contributed by atoms with Crippen molar-refractivity contribution in [3.8, 4) is 5.75 Å². The maximum absolute atomic E-state index is 13.2. The zero-order valence-corrected chi connectivity index (χ0v) is 10.6. The molecule has 0 fully saturated rings. The Morgan fingerprint density at radius 1 is 1.31 bits per heavy atom. The highest BCUT2D eigenvalue weighted by Gasteiger charge is 2.50. The van der Waals surface area contributed by atoms with E-state index in [0.29, 0.717) is 5.75 Å². The molecule has 0 N–H and O–H groups in total. The van der Waals surface area contributed by atoms with Crippen molar-refractivity contribution in [2.45, 2.75) is 46.1 Å². The minimum absolute atomic E-state index is 0.0158. The van der Waals surface area contributed by atoms with Crippen molar-refractivity contribution in [2.24, 2.45) is 5.41 Å². The molecule has 1 heterocycles. The highest BCUT2D eigenvalue weighted by molar-refractivity contribution is 5.43. The Morgan fingerprint density at radius 3 is 2.50 bits per heavy atom. The van der Waals surface area contributed by atoms with Gasteiger partial charge in [0.2, 0.25) is 0 Å². The van der Waals surface area contributed by atoms with E-state index in [-0.39, 0.29) is 22.8 Å².